The minimum absolute atomic E-state index is 0.0457. The van der Waals surface area contributed by atoms with Crippen molar-refractivity contribution < 1.29 is 14.7 Å². The van der Waals surface area contributed by atoms with Gasteiger partial charge in [0, 0.05) is 56.8 Å². The van der Waals surface area contributed by atoms with Crippen LogP contribution >= 0.6 is 23.2 Å². The Morgan fingerprint density at radius 2 is 1.82 bits per heavy atom. The summed E-state index contributed by atoms with van der Waals surface area (Å²) in [5.74, 6) is 0.173. The van der Waals surface area contributed by atoms with Gasteiger partial charge in [0.05, 0.1) is 22.2 Å². The van der Waals surface area contributed by atoms with Crippen molar-refractivity contribution in [2.75, 3.05) is 39.3 Å². The number of piperidine rings is 1. The number of aliphatic hydroxyl groups is 1. The summed E-state index contributed by atoms with van der Waals surface area (Å²) < 4.78 is 0. The van der Waals surface area contributed by atoms with Crippen molar-refractivity contribution in [3.05, 3.63) is 69.7 Å². The summed E-state index contributed by atoms with van der Waals surface area (Å²) in [6, 6.07) is 14.9. The topological polar surface area (TPSA) is 84.9 Å². The van der Waals surface area contributed by atoms with Crippen LogP contribution in [0.4, 0.5) is 0 Å². The zero-order valence-corrected chi connectivity index (χ0v) is 24.1. The van der Waals surface area contributed by atoms with Crippen LogP contribution in [0, 0.1) is 0 Å². The van der Waals surface area contributed by atoms with E-state index in [2.05, 4.69) is 46.7 Å². The van der Waals surface area contributed by atoms with Gasteiger partial charge in [-0.3, -0.25) is 9.59 Å². The number of hydrogen-bond donors (Lipinski definition) is 3. The van der Waals surface area contributed by atoms with E-state index in [4.69, 9.17) is 23.2 Å². The Bertz CT molecular complexity index is 1090. The van der Waals surface area contributed by atoms with E-state index in [-0.39, 0.29) is 35.9 Å². The van der Waals surface area contributed by atoms with Gasteiger partial charge < -0.3 is 25.5 Å². The highest BCUT2D eigenvalue weighted by Gasteiger charge is 2.32. The average molecular weight is 576 g/mol. The molecule has 2 aliphatic rings. The van der Waals surface area contributed by atoms with Crippen LogP contribution in [0.5, 0.6) is 0 Å². The predicted molar refractivity (Wildman–Crippen MR) is 156 cm³/mol. The molecule has 0 aliphatic carbocycles. The Morgan fingerprint density at radius 3 is 2.51 bits per heavy atom. The Kier molecular flexibility index (Phi) is 11.1. The highest BCUT2D eigenvalue weighted by atomic mass is 35.5. The maximum absolute atomic E-state index is 13.8. The Labute approximate surface area is 241 Å². The third-order valence-corrected chi connectivity index (χ3v) is 8.72. The minimum atomic E-state index is -0.334. The number of benzene rings is 2. The fourth-order valence-electron chi connectivity index (χ4n) is 5.50. The van der Waals surface area contributed by atoms with Crippen molar-refractivity contribution in [3.63, 3.8) is 0 Å². The third kappa shape index (κ3) is 8.41. The molecule has 3 atom stereocenters. The van der Waals surface area contributed by atoms with E-state index in [1.165, 1.54) is 5.56 Å². The van der Waals surface area contributed by atoms with Crippen LogP contribution in [-0.4, -0.2) is 84.2 Å². The van der Waals surface area contributed by atoms with Crippen LogP contribution in [0.3, 0.4) is 0 Å². The van der Waals surface area contributed by atoms with Gasteiger partial charge in [-0.15, -0.1) is 0 Å². The highest BCUT2D eigenvalue weighted by molar-refractivity contribution is 6.42. The number of halogens is 2. The van der Waals surface area contributed by atoms with Crippen LogP contribution in [0.2, 0.25) is 10.0 Å². The molecule has 0 spiro atoms. The maximum atomic E-state index is 13.8. The number of hydrogen-bond acceptors (Lipinski definition) is 5. The van der Waals surface area contributed by atoms with Crippen molar-refractivity contribution in [2.24, 2.45) is 0 Å². The number of likely N-dealkylation sites (tertiary alicyclic amines) is 1. The lowest BCUT2D eigenvalue weighted by Gasteiger charge is -2.32. The van der Waals surface area contributed by atoms with E-state index in [1.807, 2.05) is 11.0 Å². The molecule has 2 amide bonds. The van der Waals surface area contributed by atoms with Crippen LogP contribution in [0.25, 0.3) is 0 Å². The van der Waals surface area contributed by atoms with Gasteiger partial charge in [-0.1, -0.05) is 60.5 Å². The van der Waals surface area contributed by atoms with Gasteiger partial charge in [0.1, 0.15) is 0 Å². The molecule has 212 valence electrons. The lowest BCUT2D eigenvalue weighted by atomic mass is 9.95. The molecule has 2 aliphatic heterocycles. The summed E-state index contributed by atoms with van der Waals surface area (Å²) in [5.41, 5.74) is 1.70. The summed E-state index contributed by atoms with van der Waals surface area (Å²) >= 11 is 12.1. The van der Waals surface area contributed by atoms with E-state index >= 15 is 0 Å². The second-order valence-corrected chi connectivity index (χ2v) is 11.5. The van der Waals surface area contributed by atoms with Crippen molar-refractivity contribution in [1.29, 1.82) is 0 Å². The largest absolute Gasteiger partial charge is 0.393 e. The molecule has 3 unspecified atom stereocenters. The molecule has 2 saturated heterocycles. The molecule has 3 N–H and O–H groups in total. The number of nitrogens with zero attached hydrogens (tertiary/aromatic N) is 2. The molecule has 39 heavy (non-hydrogen) atoms. The molecule has 0 bridgehead atoms. The minimum Gasteiger partial charge on any atom is -0.393 e. The van der Waals surface area contributed by atoms with Gasteiger partial charge in [-0.05, 0) is 55.9 Å². The number of carbonyl (C=O) groups excluding carboxylic acids is 2. The highest BCUT2D eigenvalue weighted by Crippen LogP contribution is 2.24. The van der Waals surface area contributed by atoms with Crippen LogP contribution in [0.15, 0.2) is 48.5 Å². The van der Waals surface area contributed by atoms with E-state index < -0.39 is 0 Å². The number of aliphatic hydroxyl groups excluding tert-OH is 1. The second-order valence-electron chi connectivity index (χ2n) is 10.7. The smallest absolute Gasteiger partial charge is 0.251 e. The first kappa shape index (κ1) is 29.8. The quantitative estimate of drug-likeness (QED) is 0.393. The number of nitrogens with one attached hydrogen (secondary N) is 2. The van der Waals surface area contributed by atoms with E-state index in [9.17, 15) is 14.7 Å². The zero-order chi connectivity index (χ0) is 27.8. The van der Waals surface area contributed by atoms with E-state index in [0.29, 0.717) is 41.7 Å². The van der Waals surface area contributed by atoms with Crippen molar-refractivity contribution in [2.45, 2.75) is 63.1 Å². The average Bonchev–Trinajstić information content (AvgIpc) is 3.10. The van der Waals surface area contributed by atoms with Crippen molar-refractivity contribution in [3.8, 4) is 0 Å². The number of amides is 2. The Balaban J connectivity index is 1.43. The first-order valence-corrected chi connectivity index (χ1v) is 14.8. The predicted octanol–water partition coefficient (Wildman–Crippen LogP) is 4.32. The molecule has 2 aromatic carbocycles. The molecule has 9 heteroatoms. The normalized spacial score (nSPS) is 21.9. The summed E-state index contributed by atoms with van der Waals surface area (Å²) in [4.78, 5) is 31.0. The van der Waals surface area contributed by atoms with Gasteiger partial charge in [0.25, 0.3) is 5.91 Å². The third-order valence-electron chi connectivity index (χ3n) is 7.98. The number of rotatable bonds is 10. The van der Waals surface area contributed by atoms with Gasteiger partial charge >= 0.3 is 0 Å². The summed E-state index contributed by atoms with van der Waals surface area (Å²) in [6.07, 6.45) is 3.70. The van der Waals surface area contributed by atoms with Gasteiger partial charge in [0.2, 0.25) is 5.91 Å². The lowest BCUT2D eigenvalue weighted by Crippen LogP contribution is -2.50. The molecular formula is C30H40Cl2N4O3. The van der Waals surface area contributed by atoms with Crippen LogP contribution < -0.4 is 10.6 Å². The summed E-state index contributed by atoms with van der Waals surface area (Å²) in [5, 5.41) is 17.2. The Morgan fingerprint density at radius 1 is 1.08 bits per heavy atom. The van der Waals surface area contributed by atoms with Gasteiger partial charge in [-0.2, -0.15) is 0 Å². The first-order valence-electron chi connectivity index (χ1n) is 14.1. The summed E-state index contributed by atoms with van der Waals surface area (Å²) in [7, 11) is 0. The fraction of sp³-hybridized carbons (Fsp3) is 0.533. The van der Waals surface area contributed by atoms with E-state index in [0.717, 1.165) is 45.3 Å². The molecule has 2 aromatic rings. The van der Waals surface area contributed by atoms with Crippen molar-refractivity contribution >= 4 is 35.0 Å². The molecule has 4 rings (SSSR count). The van der Waals surface area contributed by atoms with Crippen molar-refractivity contribution in [1.82, 2.24) is 20.4 Å². The molecule has 7 nitrogen and oxygen atoms in total. The zero-order valence-electron chi connectivity index (χ0n) is 22.6. The van der Waals surface area contributed by atoms with Crippen LogP contribution in [-0.2, 0) is 4.79 Å². The monoisotopic (exact) mass is 574 g/mol. The standard InChI is InChI=1S/C30H40Cl2N4O3/c1-2-21(22-6-4-3-5-7-22)20-36-17-10-24(19-33-29(38)23-8-9-26(31)27(32)18-23)34-28(30(36)39)13-16-35-14-11-25(37)12-15-35/h3-9,18,21,24-25,28,34,37H,2,10-17,19-20H2,1H3,(H,33,38). The Hall–Kier alpha value is -2.16. The van der Waals surface area contributed by atoms with Crippen LogP contribution in [0.1, 0.15) is 60.9 Å². The SMILES string of the molecule is CCC(CN1CCC(CNC(=O)c2ccc(Cl)c(Cl)c2)NC(CCN2CCC(O)CC2)C1=O)c1ccccc1. The first-order chi connectivity index (χ1) is 18.8. The summed E-state index contributed by atoms with van der Waals surface area (Å²) in [6.45, 7) is 6.37. The van der Waals surface area contributed by atoms with Gasteiger partial charge in [-0.25, -0.2) is 0 Å². The molecule has 0 saturated carbocycles. The molecule has 0 aromatic heterocycles. The van der Waals surface area contributed by atoms with Gasteiger partial charge in [0.15, 0.2) is 0 Å². The molecular weight excluding hydrogens is 535 g/mol. The second kappa shape index (κ2) is 14.5. The fourth-order valence-corrected chi connectivity index (χ4v) is 5.80. The van der Waals surface area contributed by atoms with E-state index in [1.54, 1.807) is 18.2 Å². The number of carbonyl (C=O) groups is 2. The maximum Gasteiger partial charge on any atom is 0.251 e. The lowest BCUT2D eigenvalue weighted by molar-refractivity contribution is -0.133. The molecule has 0 radical (unpaired) electrons. The molecule has 2 fully saturated rings. The molecule has 2 heterocycles.